The van der Waals surface area contributed by atoms with Gasteiger partial charge in [0.15, 0.2) is 5.78 Å². The van der Waals surface area contributed by atoms with Crippen LogP contribution in [-0.4, -0.2) is 35.0 Å². The molecule has 0 saturated carbocycles. The molecule has 1 N–H and O–H groups in total. The van der Waals surface area contributed by atoms with Crippen molar-refractivity contribution in [2.45, 2.75) is 20.3 Å². The highest BCUT2D eigenvalue weighted by molar-refractivity contribution is 5.85. The Hall–Kier alpha value is -1.06. The van der Waals surface area contributed by atoms with Gasteiger partial charge in [0.1, 0.15) is 0 Å². The number of piperidine rings is 1. The van der Waals surface area contributed by atoms with Crippen LogP contribution in [0.2, 0.25) is 0 Å². The van der Waals surface area contributed by atoms with Gasteiger partial charge in [-0.3, -0.25) is 4.79 Å². The van der Waals surface area contributed by atoms with Gasteiger partial charge in [0.2, 0.25) is 0 Å². The first-order valence-corrected chi connectivity index (χ1v) is 3.90. The Bertz CT molecular complexity index is 222. The van der Waals surface area contributed by atoms with E-state index in [1.54, 1.807) is 0 Å². The molecule has 0 aliphatic carbocycles. The molecule has 1 fully saturated rings. The SMILES string of the molecule is CC1(C)CC(=O)CN(C(=O)O)C1. The predicted octanol–water partition coefficient (Wildman–Crippen LogP) is 0.965. The summed E-state index contributed by atoms with van der Waals surface area (Å²) in [6.07, 6.45) is -0.521. The largest absolute Gasteiger partial charge is 0.465 e. The van der Waals surface area contributed by atoms with Crippen LogP contribution < -0.4 is 0 Å². The van der Waals surface area contributed by atoms with Gasteiger partial charge in [-0.15, -0.1) is 0 Å². The van der Waals surface area contributed by atoms with Crippen LogP contribution in [0.4, 0.5) is 4.79 Å². The van der Waals surface area contributed by atoms with E-state index in [1.165, 1.54) is 4.90 Å². The standard InChI is InChI=1S/C8H13NO3/c1-8(2)3-6(10)4-9(5-8)7(11)12/h3-5H2,1-2H3,(H,11,12). The molecule has 1 aliphatic rings. The monoisotopic (exact) mass is 171 g/mol. The van der Waals surface area contributed by atoms with Crippen molar-refractivity contribution in [3.8, 4) is 0 Å². The lowest BCUT2D eigenvalue weighted by Crippen LogP contribution is -2.47. The Labute approximate surface area is 71.2 Å². The van der Waals surface area contributed by atoms with Gasteiger partial charge >= 0.3 is 6.09 Å². The van der Waals surface area contributed by atoms with Crippen molar-refractivity contribution in [1.29, 1.82) is 0 Å². The smallest absolute Gasteiger partial charge is 0.407 e. The van der Waals surface area contributed by atoms with Crippen molar-refractivity contribution in [1.82, 2.24) is 4.90 Å². The Morgan fingerprint density at radius 1 is 1.58 bits per heavy atom. The minimum atomic E-state index is -1.00. The number of Topliss-reactive ketones (excluding diaryl/α,β-unsaturated/α-hetero) is 1. The lowest BCUT2D eigenvalue weighted by Gasteiger charge is -2.35. The van der Waals surface area contributed by atoms with Crippen LogP contribution in [0.3, 0.4) is 0 Å². The van der Waals surface area contributed by atoms with Crippen LogP contribution in [0, 0.1) is 5.41 Å². The highest BCUT2D eigenvalue weighted by Gasteiger charge is 2.33. The minimum absolute atomic E-state index is 0.00801. The summed E-state index contributed by atoms with van der Waals surface area (Å²) in [5, 5.41) is 8.66. The van der Waals surface area contributed by atoms with Crippen molar-refractivity contribution in [3.63, 3.8) is 0 Å². The Kier molecular flexibility index (Phi) is 2.08. The van der Waals surface area contributed by atoms with Crippen LogP contribution in [0.25, 0.3) is 0 Å². The van der Waals surface area contributed by atoms with Crippen molar-refractivity contribution in [3.05, 3.63) is 0 Å². The summed E-state index contributed by atoms with van der Waals surface area (Å²) < 4.78 is 0. The average Bonchev–Trinajstić information content (AvgIpc) is 1.82. The maximum atomic E-state index is 11.1. The number of hydrogen-bond acceptors (Lipinski definition) is 2. The van der Waals surface area contributed by atoms with Crippen LogP contribution in [0.1, 0.15) is 20.3 Å². The van der Waals surface area contributed by atoms with Crippen molar-refractivity contribution < 1.29 is 14.7 Å². The van der Waals surface area contributed by atoms with E-state index in [0.717, 1.165) is 0 Å². The van der Waals surface area contributed by atoms with E-state index < -0.39 is 6.09 Å². The highest BCUT2D eigenvalue weighted by Crippen LogP contribution is 2.26. The number of carbonyl (C=O) groups excluding carboxylic acids is 1. The van der Waals surface area contributed by atoms with Gasteiger partial charge in [0.05, 0.1) is 6.54 Å². The fourth-order valence-electron chi connectivity index (χ4n) is 1.57. The van der Waals surface area contributed by atoms with Crippen LogP contribution in [0.5, 0.6) is 0 Å². The summed E-state index contributed by atoms with van der Waals surface area (Å²) >= 11 is 0. The molecule has 0 aromatic heterocycles. The second kappa shape index (κ2) is 2.77. The number of carboxylic acid groups (broad SMARTS) is 1. The van der Waals surface area contributed by atoms with Gasteiger partial charge in [-0.1, -0.05) is 13.8 Å². The van der Waals surface area contributed by atoms with E-state index in [9.17, 15) is 9.59 Å². The summed E-state index contributed by atoms with van der Waals surface area (Å²) in [7, 11) is 0. The normalized spacial score (nSPS) is 22.5. The van der Waals surface area contributed by atoms with E-state index >= 15 is 0 Å². The van der Waals surface area contributed by atoms with Gasteiger partial charge < -0.3 is 10.0 Å². The van der Waals surface area contributed by atoms with E-state index in [2.05, 4.69) is 0 Å². The Morgan fingerprint density at radius 3 is 2.58 bits per heavy atom. The molecule has 12 heavy (non-hydrogen) atoms. The van der Waals surface area contributed by atoms with E-state index in [0.29, 0.717) is 13.0 Å². The molecular formula is C8H13NO3. The summed E-state index contributed by atoms with van der Waals surface area (Å²) in [4.78, 5) is 22.8. The number of hydrogen-bond donors (Lipinski definition) is 1. The lowest BCUT2D eigenvalue weighted by atomic mass is 9.84. The molecule has 1 aliphatic heterocycles. The van der Waals surface area contributed by atoms with Crippen LogP contribution >= 0.6 is 0 Å². The predicted molar refractivity (Wildman–Crippen MR) is 43.0 cm³/mol. The molecule has 4 nitrogen and oxygen atoms in total. The molecule has 0 radical (unpaired) electrons. The molecule has 4 heteroatoms. The molecule has 0 atom stereocenters. The number of ketones is 1. The fourth-order valence-corrected chi connectivity index (χ4v) is 1.57. The molecule has 68 valence electrons. The molecule has 0 spiro atoms. The first kappa shape index (κ1) is 9.03. The minimum Gasteiger partial charge on any atom is -0.465 e. The fraction of sp³-hybridized carbons (Fsp3) is 0.750. The summed E-state index contributed by atoms with van der Waals surface area (Å²) in [5.41, 5.74) is -0.201. The van der Waals surface area contributed by atoms with Crippen LogP contribution in [0.15, 0.2) is 0 Å². The molecule has 0 bridgehead atoms. The molecule has 1 rings (SSSR count). The maximum absolute atomic E-state index is 11.1. The van der Waals surface area contributed by atoms with Crippen molar-refractivity contribution in [2.24, 2.45) is 5.41 Å². The highest BCUT2D eigenvalue weighted by atomic mass is 16.4. The molecule has 0 aromatic carbocycles. The van der Waals surface area contributed by atoms with Gasteiger partial charge in [-0.2, -0.15) is 0 Å². The first-order chi connectivity index (χ1) is 5.41. The number of likely N-dealkylation sites (tertiary alicyclic amines) is 1. The van der Waals surface area contributed by atoms with Crippen molar-refractivity contribution >= 4 is 11.9 Å². The van der Waals surface area contributed by atoms with E-state index in [1.807, 2.05) is 13.8 Å². The van der Waals surface area contributed by atoms with Gasteiger partial charge in [0.25, 0.3) is 0 Å². The third-order valence-corrected chi connectivity index (χ3v) is 1.93. The Morgan fingerprint density at radius 2 is 2.17 bits per heavy atom. The van der Waals surface area contributed by atoms with E-state index in [-0.39, 0.29) is 17.7 Å². The topological polar surface area (TPSA) is 57.6 Å². The number of rotatable bonds is 0. The second-order valence-electron chi connectivity index (χ2n) is 4.02. The molecule has 0 unspecified atom stereocenters. The van der Waals surface area contributed by atoms with Crippen molar-refractivity contribution in [2.75, 3.05) is 13.1 Å². The van der Waals surface area contributed by atoms with E-state index in [4.69, 9.17) is 5.11 Å². The Balaban J connectivity index is 2.70. The lowest BCUT2D eigenvalue weighted by molar-refractivity contribution is -0.125. The molecule has 1 heterocycles. The molecule has 0 aromatic rings. The summed E-state index contributed by atoms with van der Waals surface area (Å²) in [6.45, 7) is 4.31. The zero-order chi connectivity index (χ0) is 9.35. The number of carbonyl (C=O) groups is 2. The first-order valence-electron chi connectivity index (χ1n) is 3.90. The zero-order valence-electron chi connectivity index (χ0n) is 7.33. The van der Waals surface area contributed by atoms with Gasteiger partial charge in [-0.05, 0) is 5.41 Å². The molecule has 1 amide bonds. The van der Waals surface area contributed by atoms with Crippen LogP contribution in [-0.2, 0) is 4.79 Å². The van der Waals surface area contributed by atoms with Gasteiger partial charge in [0, 0.05) is 13.0 Å². The molecular weight excluding hydrogens is 158 g/mol. The third-order valence-electron chi connectivity index (χ3n) is 1.93. The third kappa shape index (κ3) is 1.96. The number of amides is 1. The molecule has 1 saturated heterocycles. The zero-order valence-corrected chi connectivity index (χ0v) is 7.33. The average molecular weight is 171 g/mol. The quantitative estimate of drug-likeness (QED) is 0.590. The van der Waals surface area contributed by atoms with Gasteiger partial charge in [-0.25, -0.2) is 4.79 Å². The maximum Gasteiger partial charge on any atom is 0.407 e. The number of nitrogens with zero attached hydrogens (tertiary/aromatic N) is 1. The second-order valence-corrected chi connectivity index (χ2v) is 4.02. The summed E-state index contributed by atoms with van der Waals surface area (Å²) in [6, 6.07) is 0. The summed E-state index contributed by atoms with van der Waals surface area (Å²) in [5.74, 6) is 0.00801.